The van der Waals surface area contributed by atoms with E-state index in [1.54, 1.807) is 6.08 Å². The quantitative estimate of drug-likeness (QED) is 0.748. The Morgan fingerprint density at radius 3 is 2.68 bits per heavy atom. The molecule has 0 heterocycles. The third-order valence-electron chi connectivity index (χ3n) is 7.82. The van der Waals surface area contributed by atoms with Crippen molar-refractivity contribution < 1.29 is 14.7 Å². The lowest BCUT2D eigenvalue weighted by Crippen LogP contribution is -2.63. The molecule has 22 heavy (non-hydrogen) atoms. The Kier molecular flexibility index (Phi) is 2.87. The third-order valence-corrected chi connectivity index (χ3v) is 7.82. The van der Waals surface area contributed by atoms with Gasteiger partial charge in [-0.15, -0.1) is 0 Å². The number of ketones is 2. The summed E-state index contributed by atoms with van der Waals surface area (Å²) in [7, 11) is 0. The Morgan fingerprint density at radius 1 is 1.14 bits per heavy atom. The van der Waals surface area contributed by atoms with Gasteiger partial charge in [-0.25, -0.2) is 0 Å². The van der Waals surface area contributed by atoms with Crippen molar-refractivity contribution in [3.8, 4) is 0 Å². The van der Waals surface area contributed by atoms with Crippen LogP contribution in [0.25, 0.3) is 0 Å². The van der Waals surface area contributed by atoms with E-state index in [-0.39, 0.29) is 23.0 Å². The SMILES string of the molecule is C[C@]12CCC(=O)CC1CC[C@]1(O)[C@@H]2CC[C@]2(C)C(=O)C=C[C@@H]12. The molecule has 3 fully saturated rings. The lowest BCUT2D eigenvalue weighted by atomic mass is 9.43. The molecule has 1 unspecified atom stereocenters. The van der Waals surface area contributed by atoms with Gasteiger partial charge in [0, 0.05) is 24.2 Å². The molecule has 3 heteroatoms. The summed E-state index contributed by atoms with van der Waals surface area (Å²) in [5.41, 5.74) is -1.11. The van der Waals surface area contributed by atoms with Crippen molar-refractivity contribution in [2.75, 3.05) is 0 Å². The van der Waals surface area contributed by atoms with Crippen LogP contribution in [-0.4, -0.2) is 22.3 Å². The van der Waals surface area contributed by atoms with E-state index in [0.717, 1.165) is 32.1 Å². The number of fused-ring (bicyclic) bond motifs is 5. The maximum absolute atomic E-state index is 12.3. The molecule has 6 atom stereocenters. The van der Waals surface area contributed by atoms with Crippen molar-refractivity contribution in [2.24, 2.45) is 28.6 Å². The first-order valence-electron chi connectivity index (χ1n) is 8.77. The van der Waals surface area contributed by atoms with Gasteiger partial charge < -0.3 is 5.11 Å². The van der Waals surface area contributed by atoms with E-state index < -0.39 is 11.0 Å². The van der Waals surface area contributed by atoms with Gasteiger partial charge in [0.25, 0.3) is 0 Å². The van der Waals surface area contributed by atoms with Crippen LogP contribution in [0.15, 0.2) is 12.2 Å². The van der Waals surface area contributed by atoms with E-state index in [9.17, 15) is 14.7 Å². The minimum absolute atomic E-state index is 0.0401. The number of allylic oxidation sites excluding steroid dienone is 1. The fraction of sp³-hybridized carbons (Fsp3) is 0.789. The molecule has 4 rings (SSSR count). The second kappa shape index (κ2) is 4.31. The molecular weight excluding hydrogens is 276 g/mol. The van der Waals surface area contributed by atoms with E-state index in [2.05, 4.69) is 6.92 Å². The largest absolute Gasteiger partial charge is 0.389 e. The molecule has 120 valence electrons. The number of Topliss-reactive ketones (excluding diaryl/α,β-unsaturated/α-hetero) is 1. The van der Waals surface area contributed by atoms with Crippen molar-refractivity contribution >= 4 is 11.6 Å². The van der Waals surface area contributed by atoms with Gasteiger partial charge in [-0.3, -0.25) is 9.59 Å². The minimum Gasteiger partial charge on any atom is -0.389 e. The molecule has 4 aliphatic carbocycles. The average molecular weight is 302 g/mol. The smallest absolute Gasteiger partial charge is 0.161 e. The summed E-state index contributed by atoms with van der Waals surface area (Å²) in [6, 6.07) is 0. The molecule has 0 bridgehead atoms. The molecule has 3 saturated carbocycles. The number of aliphatic hydroxyl groups is 1. The molecule has 0 saturated heterocycles. The summed E-state index contributed by atoms with van der Waals surface area (Å²) >= 11 is 0. The molecular formula is C19H26O3. The van der Waals surface area contributed by atoms with Crippen molar-refractivity contribution in [1.29, 1.82) is 0 Å². The number of carbonyl (C=O) groups excluding carboxylic acids is 2. The number of rotatable bonds is 0. The lowest BCUT2D eigenvalue weighted by Gasteiger charge is -2.62. The Balaban J connectivity index is 1.74. The summed E-state index contributed by atoms with van der Waals surface area (Å²) in [5, 5.41) is 11.6. The van der Waals surface area contributed by atoms with Crippen LogP contribution in [0.5, 0.6) is 0 Å². The van der Waals surface area contributed by atoms with Crippen LogP contribution in [0.2, 0.25) is 0 Å². The fourth-order valence-electron chi connectivity index (χ4n) is 6.40. The number of hydrogen-bond donors (Lipinski definition) is 1. The molecule has 0 aromatic rings. The Morgan fingerprint density at radius 2 is 1.91 bits per heavy atom. The van der Waals surface area contributed by atoms with Crippen molar-refractivity contribution in [2.45, 2.75) is 64.4 Å². The maximum Gasteiger partial charge on any atom is 0.161 e. The Hall–Kier alpha value is -0.960. The van der Waals surface area contributed by atoms with Gasteiger partial charge in [-0.2, -0.15) is 0 Å². The lowest BCUT2D eigenvalue weighted by molar-refractivity contribution is -0.207. The highest BCUT2D eigenvalue weighted by Gasteiger charge is 2.65. The minimum atomic E-state index is -0.763. The van der Waals surface area contributed by atoms with Crippen LogP contribution in [0, 0.1) is 28.6 Å². The van der Waals surface area contributed by atoms with Gasteiger partial charge in [0.05, 0.1) is 5.60 Å². The Labute approximate surface area is 132 Å². The van der Waals surface area contributed by atoms with Crippen LogP contribution in [-0.2, 0) is 9.59 Å². The fourth-order valence-corrected chi connectivity index (χ4v) is 6.40. The first-order valence-corrected chi connectivity index (χ1v) is 8.77. The van der Waals surface area contributed by atoms with E-state index >= 15 is 0 Å². The van der Waals surface area contributed by atoms with Gasteiger partial charge in [-0.1, -0.05) is 19.9 Å². The highest BCUT2D eigenvalue weighted by atomic mass is 16.3. The highest BCUT2D eigenvalue weighted by molar-refractivity contribution is 5.97. The van der Waals surface area contributed by atoms with Gasteiger partial charge in [0.2, 0.25) is 0 Å². The average Bonchev–Trinajstić information content (AvgIpc) is 2.77. The molecule has 0 aliphatic heterocycles. The second-order valence-corrected chi connectivity index (χ2v) is 8.69. The second-order valence-electron chi connectivity index (χ2n) is 8.69. The zero-order valence-corrected chi connectivity index (χ0v) is 13.6. The van der Waals surface area contributed by atoms with E-state index in [1.165, 1.54) is 0 Å². The van der Waals surface area contributed by atoms with E-state index in [1.807, 2.05) is 13.0 Å². The van der Waals surface area contributed by atoms with Crippen LogP contribution in [0.3, 0.4) is 0 Å². The summed E-state index contributed by atoms with van der Waals surface area (Å²) in [6.07, 6.45) is 9.38. The van der Waals surface area contributed by atoms with E-state index in [4.69, 9.17) is 0 Å². The molecule has 0 spiro atoms. The molecule has 0 radical (unpaired) electrons. The number of hydrogen-bond acceptors (Lipinski definition) is 3. The highest BCUT2D eigenvalue weighted by Crippen LogP contribution is 2.65. The summed E-state index contributed by atoms with van der Waals surface area (Å²) in [5.74, 6) is 1.19. The van der Waals surface area contributed by atoms with Gasteiger partial charge in [-0.05, 0) is 55.4 Å². The predicted molar refractivity (Wildman–Crippen MR) is 83.1 cm³/mol. The summed E-state index contributed by atoms with van der Waals surface area (Å²) < 4.78 is 0. The van der Waals surface area contributed by atoms with Gasteiger partial charge in [0.15, 0.2) is 5.78 Å². The molecule has 0 aromatic carbocycles. The Bertz CT molecular complexity index is 579. The summed E-state index contributed by atoms with van der Waals surface area (Å²) in [6.45, 7) is 4.33. The molecule has 0 amide bonds. The number of carbonyl (C=O) groups is 2. The van der Waals surface area contributed by atoms with Crippen LogP contribution < -0.4 is 0 Å². The van der Waals surface area contributed by atoms with Crippen LogP contribution in [0.4, 0.5) is 0 Å². The van der Waals surface area contributed by atoms with Crippen LogP contribution >= 0.6 is 0 Å². The van der Waals surface area contributed by atoms with Crippen molar-refractivity contribution in [3.05, 3.63) is 12.2 Å². The molecule has 4 aliphatic rings. The predicted octanol–water partition coefficient (Wildman–Crippen LogP) is 3.06. The topological polar surface area (TPSA) is 54.4 Å². The summed E-state index contributed by atoms with van der Waals surface area (Å²) in [4.78, 5) is 24.2. The zero-order valence-electron chi connectivity index (χ0n) is 13.6. The molecule has 0 aromatic heterocycles. The van der Waals surface area contributed by atoms with E-state index in [0.29, 0.717) is 24.5 Å². The van der Waals surface area contributed by atoms with Crippen molar-refractivity contribution in [3.63, 3.8) is 0 Å². The standard InChI is InChI=1S/C19H26O3/c1-17-8-6-13(20)11-12(17)5-10-19(22)14-3-4-16(21)18(14,2)9-7-15(17)19/h3-4,12,14-15,22H,5-11H2,1-2H3/t12?,14-,15-,17+,18+,19-/m1/s1. The third kappa shape index (κ3) is 1.61. The van der Waals surface area contributed by atoms with Crippen LogP contribution in [0.1, 0.15) is 58.8 Å². The van der Waals surface area contributed by atoms with Crippen molar-refractivity contribution in [1.82, 2.24) is 0 Å². The molecule has 3 nitrogen and oxygen atoms in total. The van der Waals surface area contributed by atoms with Gasteiger partial charge >= 0.3 is 0 Å². The molecule has 1 N–H and O–H groups in total. The van der Waals surface area contributed by atoms with Gasteiger partial charge in [0.1, 0.15) is 5.78 Å². The first kappa shape index (κ1) is 14.6. The normalized spacial score (nSPS) is 53.9. The zero-order chi connectivity index (χ0) is 15.8. The monoisotopic (exact) mass is 302 g/mol. The maximum atomic E-state index is 12.3. The first-order chi connectivity index (χ1) is 10.3.